The molecule has 0 heterocycles. The number of carbonyl (C=O) groups is 3. The van der Waals surface area contributed by atoms with Crippen LogP contribution in [0.15, 0.2) is 0 Å². The number of nitrogens with one attached hydrogen (secondary N) is 4. The van der Waals surface area contributed by atoms with Crippen LogP contribution in [0, 0.1) is 5.41 Å². The van der Waals surface area contributed by atoms with E-state index in [2.05, 4.69) is 42.0 Å². The number of carbonyl (C=O) groups excluding carboxylic acids is 3. The Labute approximate surface area is 254 Å². The lowest BCUT2D eigenvalue weighted by atomic mass is 9.86. The van der Waals surface area contributed by atoms with E-state index >= 15 is 0 Å². The molecule has 11 heteroatoms. The number of hydrogen-bond acceptors (Lipinski definition) is 6. The van der Waals surface area contributed by atoms with Gasteiger partial charge in [0.05, 0.1) is 19.9 Å². The van der Waals surface area contributed by atoms with Gasteiger partial charge in [0, 0.05) is 38.8 Å². The molecule has 0 saturated heterocycles. The third kappa shape index (κ3) is 16.4. The van der Waals surface area contributed by atoms with Crippen molar-refractivity contribution in [3.63, 3.8) is 0 Å². The normalized spacial score (nSPS) is 17.3. The fourth-order valence-electron chi connectivity index (χ4n) is 5.61. The smallest absolute Gasteiger partial charge is 0.407 e. The highest BCUT2D eigenvalue weighted by Crippen LogP contribution is 2.23. The summed E-state index contributed by atoms with van der Waals surface area (Å²) in [5, 5.41) is 12.5. The van der Waals surface area contributed by atoms with E-state index in [0.717, 1.165) is 64.3 Å². The zero-order chi connectivity index (χ0) is 30.8. The molecule has 244 valence electrons. The summed E-state index contributed by atoms with van der Waals surface area (Å²) in [5.41, 5.74) is 0.0568. The van der Waals surface area contributed by atoms with Gasteiger partial charge in [-0.3, -0.25) is 5.32 Å². The van der Waals surface area contributed by atoms with Crippen molar-refractivity contribution in [2.24, 2.45) is 5.41 Å². The van der Waals surface area contributed by atoms with Gasteiger partial charge in [0.2, 0.25) is 0 Å². The molecule has 2 saturated carbocycles. The number of amides is 5. The van der Waals surface area contributed by atoms with E-state index in [9.17, 15) is 14.4 Å². The van der Waals surface area contributed by atoms with E-state index in [4.69, 9.17) is 9.47 Å². The molecule has 0 aromatic rings. The molecule has 4 N–H and O–H groups in total. The van der Waals surface area contributed by atoms with Gasteiger partial charge in [-0.05, 0) is 56.9 Å². The first kappa shape index (κ1) is 35.9. The van der Waals surface area contributed by atoms with Crippen LogP contribution in [0.3, 0.4) is 0 Å². The van der Waals surface area contributed by atoms with Crippen molar-refractivity contribution in [2.75, 3.05) is 53.7 Å². The molecule has 2 aliphatic carbocycles. The molecule has 0 spiro atoms. The Bertz CT molecular complexity index is 780. The summed E-state index contributed by atoms with van der Waals surface area (Å²) in [5.74, 6) is 0. The lowest BCUT2D eigenvalue weighted by Crippen LogP contribution is -2.45. The first-order chi connectivity index (χ1) is 20.0. The van der Waals surface area contributed by atoms with Crippen LogP contribution >= 0.6 is 0 Å². The predicted molar refractivity (Wildman–Crippen MR) is 166 cm³/mol. The monoisotopic (exact) mass is 596 g/mol. The minimum Gasteiger partial charge on any atom is -0.448 e. The molecule has 2 aliphatic rings. The van der Waals surface area contributed by atoms with Crippen molar-refractivity contribution < 1.29 is 23.9 Å². The number of ether oxygens (including phenoxy) is 2. The van der Waals surface area contributed by atoms with Gasteiger partial charge in [0.25, 0.3) is 0 Å². The van der Waals surface area contributed by atoms with E-state index in [1.54, 1.807) is 23.9 Å². The number of rotatable bonds is 16. The maximum atomic E-state index is 12.5. The van der Waals surface area contributed by atoms with E-state index < -0.39 is 6.09 Å². The Morgan fingerprint density at radius 3 is 1.86 bits per heavy atom. The summed E-state index contributed by atoms with van der Waals surface area (Å²) < 4.78 is 11.1. The van der Waals surface area contributed by atoms with E-state index in [1.807, 2.05) is 0 Å². The molecule has 42 heavy (non-hydrogen) atoms. The SMILES string of the molecule is CN(CCOCNCCCC(CC(C)(C)C)NC(=O)OCCN(C)C(=O)NC1CCCCC1)C(=O)NC1CCCCC1. The molecule has 5 amide bonds. The minimum absolute atomic E-state index is 0.0103. The van der Waals surface area contributed by atoms with Crippen molar-refractivity contribution in [1.82, 2.24) is 31.1 Å². The Kier molecular flexibility index (Phi) is 17.0. The van der Waals surface area contributed by atoms with Crippen molar-refractivity contribution in [1.29, 1.82) is 0 Å². The molecule has 0 aliphatic heterocycles. The molecule has 2 fully saturated rings. The number of urea groups is 2. The maximum absolute atomic E-state index is 12.5. The van der Waals surface area contributed by atoms with Gasteiger partial charge in [-0.1, -0.05) is 59.3 Å². The molecular weight excluding hydrogens is 536 g/mol. The van der Waals surface area contributed by atoms with Gasteiger partial charge in [-0.25, -0.2) is 14.4 Å². The average Bonchev–Trinajstić information content (AvgIpc) is 2.94. The first-order valence-electron chi connectivity index (χ1n) is 16.3. The highest BCUT2D eigenvalue weighted by atomic mass is 16.5. The molecular formula is C31H60N6O5. The third-order valence-corrected chi connectivity index (χ3v) is 8.08. The van der Waals surface area contributed by atoms with Gasteiger partial charge in [-0.15, -0.1) is 0 Å². The fraction of sp³-hybridized carbons (Fsp3) is 0.903. The zero-order valence-corrected chi connectivity index (χ0v) is 27.1. The Balaban J connectivity index is 1.56. The van der Waals surface area contributed by atoms with E-state index in [-0.39, 0.29) is 36.2 Å². The van der Waals surface area contributed by atoms with Crippen LogP contribution in [0.25, 0.3) is 0 Å². The Morgan fingerprint density at radius 2 is 1.33 bits per heavy atom. The highest BCUT2D eigenvalue weighted by Gasteiger charge is 2.22. The van der Waals surface area contributed by atoms with Crippen LogP contribution in [0.2, 0.25) is 0 Å². The number of likely N-dealkylation sites (N-methyl/N-ethyl adjacent to an activating group) is 2. The second kappa shape index (κ2) is 19.8. The molecule has 0 radical (unpaired) electrons. The van der Waals surface area contributed by atoms with Gasteiger partial charge < -0.3 is 35.2 Å². The lowest BCUT2D eigenvalue weighted by Gasteiger charge is -2.27. The summed E-state index contributed by atoms with van der Waals surface area (Å²) in [6.07, 6.45) is 13.5. The fourth-order valence-corrected chi connectivity index (χ4v) is 5.61. The molecule has 1 unspecified atom stereocenters. The van der Waals surface area contributed by atoms with Crippen molar-refractivity contribution in [3.05, 3.63) is 0 Å². The van der Waals surface area contributed by atoms with Crippen LogP contribution in [0.4, 0.5) is 14.4 Å². The predicted octanol–water partition coefficient (Wildman–Crippen LogP) is 4.81. The quantitative estimate of drug-likeness (QED) is 0.150. The third-order valence-electron chi connectivity index (χ3n) is 8.08. The molecule has 0 aromatic carbocycles. The number of hydrogen-bond donors (Lipinski definition) is 4. The molecule has 1 atom stereocenters. The molecule has 0 aromatic heterocycles. The Hall–Kier alpha value is -2.27. The van der Waals surface area contributed by atoms with Gasteiger partial charge >= 0.3 is 18.2 Å². The summed E-state index contributed by atoms with van der Waals surface area (Å²) in [4.78, 5) is 40.5. The topological polar surface area (TPSA) is 124 Å². The minimum atomic E-state index is -0.446. The highest BCUT2D eigenvalue weighted by molar-refractivity contribution is 5.74. The molecule has 11 nitrogen and oxygen atoms in total. The van der Waals surface area contributed by atoms with Crippen molar-refractivity contribution in [3.8, 4) is 0 Å². The van der Waals surface area contributed by atoms with Crippen LogP contribution in [0.1, 0.15) is 104 Å². The largest absolute Gasteiger partial charge is 0.448 e. The first-order valence-corrected chi connectivity index (χ1v) is 16.3. The van der Waals surface area contributed by atoms with Crippen LogP contribution in [-0.4, -0.2) is 99.8 Å². The maximum Gasteiger partial charge on any atom is 0.407 e. The second-order valence-corrected chi connectivity index (χ2v) is 13.3. The number of nitrogens with zero attached hydrogens (tertiary/aromatic N) is 2. The standard InChI is InChI=1S/C31H60N6O5/c1-31(2,3)23-27(35-30(40)42-22-20-37(5)29(39)34-26-15-10-7-11-16-26)17-12-18-32-24-41-21-19-36(4)28(38)33-25-13-8-6-9-14-25/h25-27,32H,6-24H2,1-5H3,(H,33,38)(H,34,39)(H,35,40). The van der Waals surface area contributed by atoms with Gasteiger partial charge in [-0.2, -0.15) is 0 Å². The Morgan fingerprint density at radius 1 is 0.810 bits per heavy atom. The number of alkyl carbamates (subject to hydrolysis) is 1. The summed E-state index contributed by atoms with van der Waals surface area (Å²) in [6.45, 7) is 9.16. The second-order valence-electron chi connectivity index (χ2n) is 13.3. The average molecular weight is 597 g/mol. The van der Waals surface area contributed by atoms with Crippen LogP contribution < -0.4 is 21.3 Å². The van der Waals surface area contributed by atoms with E-state index in [0.29, 0.717) is 32.5 Å². The molecule has 2 rings (SSSR count). The van der Waals surface area contributed by atoms with Crippen molar-refractivity contribution >= 4 is 18.2 Å². The summed E-state index contributed by atoms with van der Waals surface area (Å²) >= 11 is 0. The molecule has 0 bridgehead atoms. The van der Waals surface area contributed by atoms with Gasteiger partial charge in [0.1, 0.15) is 6.61 Å². The zero-order valence-electron chi connectivity index (χ0n) is 27.1. The van der Waals surface area contributed by atoms with E-state index in [1.165, 1.54) is 25.7 Å². The van der Waals surface area contributed by atoms with Crippen molar-refractivity contribution in [2.45, 2.75) is 122 Å². The van der Waals surface area contributed by atoms with Crippen LogP contribution in [-0.2, 0) is 9.47 Å². The summed E-state index contributed by atoms with van der Waals surface area (Å²) in [7, 11) is 3.53. The van der Waals surface area contributed by atoms with Crippen LogP contribution in [0.5, 0.6) is 0 Å². The van der Waals surface area contributed by atoms with Gasteiger partial charge in [0.15, 0.2) is 0 Å². The summed E-state index contributed by atoms with van der Waals surface area (Å²) in [6, 6.07) is 0.411. The lowest BCUT2D eigenvalue weighted by molar-refractivity contribution is 0.100.